The fourth-order valence-corrected chi connectivity index (χ4v) is 5.58. The van der Waals surface area contributed by atoms with E-state index >= 15 is 0 Å². The number of esters is 2. The van der Waals surface area contributed by atoms with Crippen molar-refractivity contribution in [2.24, 2.45) is 5.73 Å². The van der Waals surface area contributed by atoms with Crippen LogP contribution in [0.3, 0.4) is 0 Å². The van der Waals surface area contributed by atoms with Gasteiger partial charge in [0.25, 0.3) is 0 Å². The number of hydrogen-bond donors (Lipinski definition) is 4. The van der Waals surface area contributed by atoms with Crippen molar-refractivity contribution in [1.29, 1.82) is 0 Å². The van der Waals surface area contributed by atoms with Gasteiger partial charge < -0.3 is 30.3 Å². The fourth-order valence-electron chi connectivity index (χ4n) is 4.80. The zero-order chi connectivity index (χ0) is 45.1. The average Bonchev–Trinajstić information content (AvgIpc) is 3.24. The maximum Gasteiger partial charge on any atom is 0.472 e. The van der Waals surface area contributed by atoms with Gasteiger partial charge in [-0.05, 0) is 83.5 Å². The number of carboxylic acids is 1. The Bertz CT molecular complexity index is 1510. The lowest BCUT2D eigenvalue weighted by Crippen LogP contribution is -2.34. The van der Waals surface area contributed by atoms with Crippen molar-refractivity contribution in [3.63, 3.8) is 0 Å². The van der Waals surface area contributed by atoms with Crippen LogP contribution in [0.15, 0.2) is 122 Å². The minimum absolute atomic E-state index is 0.0455. The first-order valence-corrected chi connectivity index (χ1v) is 23.2. The quantitative estimate of drug-likeness (QED) is 0.0151. The molecule has 0 rings (SSSR count). The van der Waals surface area contributed by atoms with Gasteiger partial charge in [-0.15, -0.1) is 0 Å². The van der Waals surface area contributed by atoms with Crippen LogP contribution in [0.1, 0.15) is 123 Å². The van der Waals surface area contributed by atoms with Crippen molar-refractivity contribution >= 4 is 25.7 Å². The van der Waals surface area contributed by atoms with Gasteiger partial charge in [0.15, 0.2) is 6.10 Å². The summed E-state index contributed by atoms with van der Waals surface area (Å²) in [6.07, 6.45) is 52.4. The molecular weight excluding hydrogens is 797 g/mol. The molecule has 4 atom stereocenters. The Morgan fingerprint density at radius 1 is 0.590 bits per heavy atom. The summed E-state index contributed by atoms with van der Waals surface area (Å²) in [5.74, 6) is -2.60. The van der Waals surface area contributed by atoms with E-state index in [4.69, 9.17) is 24.8 Å². The Balaban J connectivity index is 4.63. The largest absolute Gasteiger partial charge is 0.480 e. The number of hydrogen-bond acceptors (Lipinski definition) is 10. The Morgan fingerprint density at radius 2 is 1.07 bits per heavy atom. The summed E-state index contributed by atoms with van der Waals surface area (Å²) < 4.78 is 32.5. The molecule has 0 aromatic heterocycles. The predicted molar refractivity (Wildman–Crippen MR) is 245 cm³/mol. The molecule has 342 valence electrons. The van der Waals surface area contributed by atoms with Crippen molar-refractivity contribution in [3.8, 4) is 0 Å². The van der Waals surface area contributed by atoms with Crippen LogP contribution in [-0.2, 0) is 37.5 Å². The third kappa shape index (κ3) is 41.0. The summed E-state index contributed by atoms with van der Waals surface area (Å²) in [5.41, 5.74) is 5.32. The number of allylic oxidation sites excluding steroid dienone is 19. The third-order valence-electron chi connectivity index (χ3n) is 8.36. The monoisotopic (exact) mass is 871 g/mol. The van der Waals surface area contributed by atoms with E-state index in [2.05, 4.69) is 84.4 Å². The normalized spacial score (nSPS) is 15.4. The second-order valence-electron chi connectivity index (χ2n) is 13.9. The summed E-state index contributed by atoms with van der Waals surface area (Å²) in [4.78, 5) is 45.9. The van der Waals surface area contributed by atoms with Gasteiger partial charge in [0, 0.05) is 12.8 Å². The number of unbranched alkanes of at least 4 members (excludes halogenated alkanes) is 4. The molecule has 13 heteroatoms. The van der Waals surface area contributed by atoms with Gasteiger partial charge in [-0.3, -0.25) is 23.4 Å². The molecule has 12 nitrogen and oxygen atoms in total. The van der Waals surface area contributed by atoms with E-state index < -0.39 is 63.8 Å². The molecule has 0 aromatic carbocycles. The Hall–Kier alpha value is -4.16. The molecule has 0 heterocycles. The molecule has 0 spiro atoms. The first-order chi connectivity index (χ1) is 29.5. The predicted octanol–water partition coefficient (Wildman–Crippen LogP) is 10.6. The Labute approximate surface area is 365 Å². The van der Waals surface area contributed by atoms with Crippen LogP contribution in [-0.4, -0.2) is 71.1 Å². The van der Waals surface area contributed by atoms with Crippen LogP contribution in [0.4, 0.5) is 0 Å². The summed E-state index contributed by atoms with van der Waals surface area (Å²) in [7, 11) is -4.77. The zero-order valence-corrected chi connectivity index (χ0v) is 37.4. The van der Waals surface area contributed by atoms with Gasteiger partial charge in [-0.1, -0.05) is 148 Å². The van der Waals surface area contributed by atoms with Gasteiger partial charge >= 0.3 is 25.7 Å². The standard InChI is InChI=1S/C48H74NO11P/c1-3-5-6-7-8-9-10-11-12-13-14-15-16-20-23-26-29-32-35-38-46(51)57-40-44(41-58-61(55,56)59-42-45(49)48(53)54)60-47(52)39-36-33-30-27-24-21-18-17-19-22-25-28-31-34-37-43(50)4-2/h8-9,11-12,14-15,18-23,27-32,34,37,43-45,50H,3-7,10,13,16-17,24-26,33,35-36,38-42,49H2,1-2H3,(H,53,54)(H,55,56)/b9-8-,12-11-,15-14-,21-18-,22-19-,23-20-,30-27-,31-28-,32-29-,37-34+/t43-,44-,45+/m1/s1. The lowest BCUT2D eigenvalue weighted by Gasteiger charge is -2.20. The second-order valence-corrected chi connectivity index (χ2v) is 15.4. The number of carboxylic acid groups (broad SMARTS) is 1. The van der Waals surface area contributed by atoms with Crippen LogP contribution in [0, 0.1) is 0 Å². The molecule has 0 aromatic rings. The number of phosphoric ester groups is 1. The first kappa shape index (κ1) is 56.8. The summed E-state index contributed by atoms with van der Waals surface area (Å²) in [6.45, 7) is 2.27. The number of aliphatic hydroxyl groups excluding tert-OH is 1. The first-order valence-electron chi connectivity index (χ1n) is 21.7. The number of carbonyl (C=O) groups excluding carboxylic acids is 2. The van der Waals surface area contributed by atoms with Crippen molar-refractivity contribution in [1.82, 2.24) is 0 Å². The van der Waals surface area contributed by atoms with Crippen LogP contribution in [0.25, 0.3) is 0 Å². The molecule has 0 saturated heterocycles. The number of carbonyl (C=O) groups is 3. The molecular formula is C48H74NO11P. The SMILES string of the molecule is CCCCC/C=C\C/C=C\C/C=C\C/C=C\C/C=C\CCC(=O)OC[C@H](COP(=O)(O)OC[C@H](N)C(=O)O)OC(=O)CCC/C=C\C/C=C\C/C=C\C/C=C\C=C\[C@H](O)CC. The molecule has 0 aliphatic heterocycles. The van der Waals surface area contributed by atoms with Gasteiger partial charge in [0.05, 0.1) is 19.3 Å². The van der Waals surface area contributed by atoms with Gasteiger partial charge in [-0.25, -0.2) is 4.57 Å². The van der Waals surface area contributed by atoms with E-state index in [0.717, 1.165) is 51.4 Å². The van der Waals surface area contributed by atoms with E-state index in [-0.39, 0.29) is 12.8 Å². The van der Waals surface area contributed by atoms with E-state index in [1.165, 1.54) is 19.3 Å². The van der Waals surface area contributed by atoms with Crippen LogP contribution in [0.2, 0.25) is 0 Å². The van der Waals surface area contributed by atoms with Crippen LogP contribution >= 0.6 is 7.82 Å². The van der Waals surface area contributed by atoms with Crippen molar-refractivity contribution in [2.45, 2.75) is 141 Å². The second kappa shape index (κ2) is 41.2. The maximum absolute atomic E-state index is 12.6. The molecule has 0 saturated carbocycles. The lowest BCUT2D eigenvalue weighted by molar-refractivity contribution is -0.161. The van der Waals surface area contributed by atoms with E-state index in [0.29, 0.717) is 25.7 Å². The number of rotatable bonds is 38. The van der Waals surface area contributed by atoms with Crippen molar-refractivity contribution in [2.75, 3.05) is 19.8 Å². The molecule has 5 N–H and O–H groups in total. The minimum atomic E-state index is -4.77. The Morgan fingerprint density at radius 3 is 1.57 bits per heavy atom. The number of aliphatic carboxylic acids is 1. The maximum atomic E-state index is 12.6. The number of nitrogens with two attached hydrogens (primary N) is 1. The highest BCUT2D eigenvalue weighted by Gasteiger charge is 2.28. The molecule has 0 aliphatic rings. The molecule has 0 radical (unpaired) electrons. The Kier molecular flexibility index (Phi) is 38.4. The number of aliphatic hydroxyl groups is 1. The van der Waals surface area contributed by atoms with E-state index in [9.17, 15) is 28.9 Å². The van der Waals surface area contributed by atoms with Crippen molar-refractivity contribution in [3.05, 3.63) is 122 Å². The molecule has 61 heavy (non-hydrogen) atoms. The molecule has 0 amide bonds. The van der Waals surface area contributed by atoms with Crippen LogP contribution in [0.5, 0.6) is 0 Å². The molecule has 1 unspecified atom stereocenters. The van der Waals surface area contributed by atoms with Crippen LogP contribution < -0.4 is 5.73 Å². The van der Waals surface area contributed by atoms with Crippen molar-refractivity contribution < 1.29 is 52.6 Å². The molecule has 0 bridgehead atoms. The molecule has 0 aliphatic carbocycles. The smallest absolute Gasteiger partial charge is 0.472 e. The summed E-state index contributed by atoms with van der Waals surface area (Å²) in [5, 5.41) is 18.4. The lowest BCUT2D eigenvalue weighted by atomic mass is 10.2. The topological polar surface area (TPSA) is 192 Å². The highest BCUT2D eigenvalue weighted by molar-refractivity contribution is 7.47. The average molecular weight is 872 g/mol. The van der Waals surface area contributed by atoms with Gasteiger partial charge in [0.2, 0.25) is 0 Å². The zero-order valence-electron chi connectivity index (χ0n) is 36.6. The fraction of sp³-hybridized carbons (Fsp3) is 0.521. The highest BCUT2D eigenvalue weighted by Crippen LogP contribution is 2.43. The summed E-state index contributed by atoms with van der Waals surface area (Å²) in [6, 6.07) is -1.55. The summed E-state index contributed by atoms with van der Waals surface area (Å²) >= 11 is 0. The van der Waals surface area contributed by atoms with E-state index in [1.54, 1.807) is 6.08 Å². The highest BCUT2D eigenvalue weighted by atomic mass is 31.2. The van der Waals surface area contributed by atoms with Gasteiger partial charge in [-0.2, -0.15) is 0 Å². The third-order valence-corrected chi connectivity index (χ3v) is 9.32. The number of phosphoric acid groups is 1. The number of ether oxygens (including phenoxy) is 2. The molecule has 0 fully saturated rings. The van der Waals surface area contributed by atoms with Gasteiger partial charge in [0.1, 0.15) is 12.6 Å². The minimum Gasteiger partial charge on any atom is -0.480 e. The van der Waals surface area contributed by atoms with E-state index in [1.807, 2.05) is 49.5 Å².